The number of amides is 2. The van der Waals surface area contributed by atoms with Crippen LogP contribution in [0.4, 0.5) is 5.69 Å². The Morgan fingerprint density at radius 2 is 1.47 bits per heavy atom. The highest BCUT2D eigenvalue weighted by atomic mass is 79.9. The Labute approximate surface area is 203 Å². The molecule has 3 aromatic carbocycles. The molecule has 0 bridgehead atoms. The predicted octanol–water partition coefficient (Wildman–Crippen LogP) is 3.77. The zero-order valence-electron chi connectivity index (χ0n) is 18.2. The molecule has 3 aromatic rings. The van der Waals surface area contributed by atoms with Crippen molar-refractivity contribution in [2.75, 3.05) is 19.5 Å². The lowest BCUT2D eigenvalue weighted by Gasteiger charge is -2.09. The number of rotatable bonds is 7. The van der Waals surface area contributed by atoms with Gasteiger partial charge in [-0.15, -0.1) is 0 Å². The van der Waals surface area contributed by atoms with Gasteiger partial charge in [0.2, 0.25) is 0 Å². The van der Waals surface area contributed by atoms with Crippen LogP contribution in [0.2, 0.25) is 0 Å². The molecule has 0 radical (unpaired) electrons. The molecule has 0 fully saturated rings. The highest BCUT2D eigenvalue weighted by molar-refractivity contribution is 9.10. The van der Waals surface area contributed by atoms with E-state index in [1.165, 1.54) is 20.4 Å². The average molecular weight is 526 g/mol. The van der Waals surface area contributed by atoms with Gasteiger partial charge in [0, 0.05) is 15.7 Å². The Morgan fingerprint density at radius 1 is 0.853 bits per heavy atom. The largest absolute Gasteiger partial charge is 0.497 e. The maximum Gasteiger partial charge on any atom is 0.343 e. The summed E-state index contributed by atoms with van der Waals surface area (Å²) < 4.78 is 16.3. The molecule has 174 valence electrons. The highest BCUT2D eigenvalue weighted by Gasteiger charge is 2.14. The van der Waals surface area contributed by atoms with Crippen LogP contribution in [-0.4, -0.2) is 38.2 Å². The molecule has 3 rings (SSSR count). The summed E-state index contributed by atoms with van der Waals surface area (Å²) >= 11 is 3.34. The van der Waals surface area contributed by atoms with Gasteiger partial charge in [0.15, 0.2) is 0 Å². The Morgan fingerprint density at radius 3 is 2.09 bits per heavy atom. The zero-order valence-corrected chi connectivity index (χ0v) is 19.8. The summed E-state index contributed by atoms with van der Waals surface area (Å²) in [7, 11) is 3.05. The summed E-state index contributed by atoms with van der Waals surface area (Å²) in [4.78, 5) is 36.6. The van der Waals surface area contributed by atoms with Crippen molar-refractivity contribution in [2.45, 2.75) is 0 Å². The molecule has 10 heteroatoms. The minimum atomic E-state index is -0.973. The summed E-state index contributed by atoms with van der Waals surface area (Å²) in [6, 6.07) is 17.8. The smallest absolute Gasteiger partial charge is 0.343 e. The lowest BCUT2D eigenvalue weighted by molar-refractivity contribution is -0.136. The first-order valence-electron chi connectivity index (χ1n) is 9.84. The van der Waals surface area contributed by atoms with Gasteiger partial charge in [-0.05, 0) is 66.7 Å². The van der Waals surface area contributed by atoms with E-state index < -0.39 is 17.8 Å². The number of nitrogens with one attached hydrogen (secondary N) is 2. The van der Waals surface area contributed by atoms with E-state index in [4.69, 9.17) is 14.2 Å². The molecule has 34 heavy (non-hydrogen) atoms. The molecule has 0 spiro atoms. The van der Waals surface area contributed by atoms with Gasteiger partial charge in [0.25, 0.3) is 0 Å². The average Bonchev–Trinajstić information content (AvgIpc) is 2.85. The predicted molar refractivity (Wildman–Crippen MR) is 129 cm³/mol. The van der Waals surface area contributed by atoms with E-state index in [1.807, 2.05) is 0 Å². The second kappa shape index (κ2) is 11.6. The SMILES string of the molecule is COc1ccc(NC(=O)C(=O)NN=Cc2cc(Br)ccc2OC(=O)c2ccc(OC)cc2)cc1. The second-order valence-corrected chi connectivity index (χ2v) is 7.60. The third-order valence-electron chi connectivity index (χ3n) is 4.42. The molecule has 2 amide bonds. The molecule has 0 aliphatic carbocycles. The van der Waals surface area contributed by atoms with Crippen LogP contribution in [0.1, 0.15) is 15.9 Å². The van der Waals surface area contributed by atoms with Gasteiger partial charge in [-0.3, -0.25) is 9.59 Å². The van der Waals surface area contributed by atoms with Crippen LogP contribution in [0.3, 0.4) is 0 Å². The third-order valence-corrected chi connectivity index (χ3v) is 4.92. The number of carbonyl (C=O) groups excluding carboxylic acids is 3. The highest BCUT2D eigenvalue weighted by Crippen LogP contribution is 2.23. The van der Waals surface area contributed by atoms with E-state index in [-0.39, 0.29) is 5.75 Å². The summed E-state index contributed by atoms with van der Waals surface area (Å²) in [6.07, 6.45) is 1.26. The minimum Gasteiger partial charge on any atom is -0.497 e. The van der Waals surface area contributed by atoms with Crippen molar-refractivity contribution in [3.05, 3.63) is 82.3 Å². The molecule has 2 N–H and O–H groups in total. The number of ether oxygens (including phenoxy) is 3. The third kappa shape index (κ3) is 6.66. The first-order chi connectivity index (χ1) is 16.4. The van der Waals surface area contributed by atoms with Crippen molar-refractivity contribution < 1.29 is 28.6 Å². The van der Waals surface area contributed by atoms with Crippen LogP contribution in [0, 0.1) is 0 Å². The fraction of sp³-hybridized carbons (Fsp3) is 0.0833. The fourth-order valence-corrected chi connectivity index (χ4v) is 3.05. The van der Waals surface area contributed by atoms with E-state index >= 15 is 0 Å². The number of methoxy groups -OCH3 is 2. The summed E-state index contributed by atoms with van der Waals surface area (Å²) in [6.45, 7) is 0. The number of nitrogens with zero attached hydrogens (tertiary/aromatic N) is 1. The topological polar surface area (TPSA) is 115 Å². The van der Waals surface area contributed by atoms with E-state index in [0.29, 0.717) is 32.8 Å². The normalized spacial score (nSPS) is 10.4. The quantitative estimate of drug-likeness (QED) is 0.159. The molecule has 0 aliphatic heterocycles. The number of hydrogen-bond acceptors (Lipinski definition) is 7. The lowest BCUT2D eigenvalue weighted by Crippen LogP contribution is -2.32. The molecule has 0 heterocycles. The maximum absolute atomic E-state index is 12.5. The summed E-state index contributed by atoms with van der Waals surface area (Å²) in [5, 5.41) is 6.25. The van der Waals surface area contributed by atoms with Crippen LogP contribution in [0.15, 0.2) is 76.3 Å². The molecule has 0 aliphatic rings. The van der Waals surface area contributed by atoms with Crippen molar-refractivity contribution >= 4 is 45.6 Å². The Hall–Kier alpha value is -4.18. The number of hydrazone groups is 1. The Bertz CT molecular complexity index is 1210. The second-order valence-electron chi connectivity index (χ2n) is 6.68. The lowest BCUT2D eigenvalue weighted by atomic mass is 10.2. The van der Waals surface area contributed by atoms with Crippen LogP contribution in [-0.2, 0) is 9.59 Å². The van der Waals surface area contributed by atoms with Crippen LogP contribution >= 0.6 is 15.9 Å². The van der Waals surface area contributed by atoms with Crippen LogP contribution < -0.4 is 25.0 Å². The minimum absolute atomic E-state index is 0.213. The van der Waals surface area contributed by atoms with Crippen molar-refractivity contribution in [2.24, 2.45) is 5.10 Å². The van der Waals surface area contributed by atoms with Gasteiger partial charge in [0.05, 0.1) is 26.0 Å². The van der Waals surface area contributed by atoms with E-state index in [1.54, 1.807) is 66.7 Å². The van der Waals surface area contributed by atoms with E-state index in [2.05, 4.69) is 31.8 Å². The standard InChI is InChI=1S/C24H20BrN3O6/c1-32-19-8-3-15(4-9-19)24(31)34-21-12-5-17(25)13-16(21)14-26-28-23(30)22(29)27-18-6-10-20(33-2)11-7-18/h3-14H,1-2H3,(H,27,29)(H,28,30). The van der Waals surface area contributed by atoms with Gasteiger partial charge in [-0.1, -0.05) is 15.9 Å². The zero-order chi connectivity index (χ0) is 24.5. The number of carbonyl (C=O) groups is 3. The van der Waals surface area contributed by atoms with E-state index in [0.717, 1.165) is 0 Å². The van der Waals surface area contributed by atoms with Crippen molar-refractivity contribution in [3.63, 3.8) is 0 Å². The van der Waals surface area contributed by atoms with Gasteiger partial charge in [-0.2, -0.15) is 5.10 Å². The molecular formula is C24H20BrN3O6. The fourth-order valence-electron chi connectivity index (χ4n) is 2.67. The van der Waals surface area contributed by atoms with Gasteiger partial charge in [0.1, 0.15) is 17.2 Å². The molecule has 9 nitrogen and oxygen atoms in total. The number of anilines is 1. The maximum atomic E-state index is 12.5. The first-order valence-corrected chi connectivity index (χ1v) is 10.6. The van der Waals surface area contributed by atoms with Crippen molar-refractivity contribution in [3.8, 4) is 17.2 Å². The summed E-state index contributed by atoms with van der Waals surface area (Å²) in [5.41, 5.74) is 3.29. The number of hydrogen-bond donors (Lipinski definition) is 2. The molecule has 0 unspecified atom stereocenters. The molecular weight excluding hydrogens is 506 g/mol. The monoisotopic (exact) mass is 525 g/mol. The van der Waals surface area contributed by atoms with Crippen LogP contribution in [0.5, 0.6) is 17.2 Å². The van der Waals surface area contributed by atoms with Crippen LogP contribution in [0.25, 0.3) is 0 Å². The molecule has 0 saturated carbocycles. The Kier molecular flexibility index (Phi) is 8.36. The number of halogens is 1. The molecule has 0 saturated heterocycles. The first kappa shape index (κ1) is 24.5. The van der Waals surface area contributed by atoms with Crippen molar-refractivity contribution in [1.82, 2.24) is 5.43 Å². The van der Waals surface area contributed by atoms with E-state index in [9.17, 15) is 14.4 Å². The Balaban J connectivity index is 1.64. The molecule has 0 atom stereocenters. The number of esters is 1. The number of benzene rings is 3. The summed E-state index contributed by atoms with van der Waals surface area (Å²) in [5.74, 6) is -1.02. The molecule has 0 aromatic heterocycles. The van der Waals surface area contributed by atoms with Gasteiger partial charge in [-0.25, -0.2) is 10.2 Å². The van der Waals surface area contributed by atoms with Gasteiger partial charge >= 0.3 is 17.8 Å². The van der Waals surface area contributed by atoms with Gasteiger partial charge < -0.3 is 19.5 Å². The van der Waals surface area contributed by atoms with Crippen molar-refractivity contribution in [1.29, 1.82) is 0 Å².